The van der Waals surface area contributed by atoms with Gasteiger partial charge >= 0.3 is 0 Å². The molecule has 1 amide bonds. The molecular weight excluding hydrogens is 437 g/mol. The largest absolute Gasteiger partial charge is 0.448 e. The van der Waals surface area contributed by atoms with Gasteiger partial charge in [0.2, 0.25) is 0 Å². The number of halogens is 1. The van der Waals surface area contributed by atoms with E-state index in [-0.39, 0.29) is 16.7 Å². The van der Waals surface area contributed by atoms with E-state index >= 15 is 0 Å². The summed E-state index contributed by atoms with van der Waals surface area (Å²) in [6, 6.07) is 11.3. The van der Waals surface area contributed by atoms with Crippen LogP contribution in [-0.4, -0.2) is 70.2 Å². The van der Waals surface area contributed by atoms with Gasteiger partial charge in [0.25, 0.3) is 5.91 Å². The van der Waals surface area contributed by atoms with Crippen LogP contribution in [0.3, 0.4) is 0 Å². The highest BCUT2D eigenvalue weighted by Gasteiger charge is 2.22. The Hall–Kier alpha value is -3.43. The second-order valence-electron chi connectivity index (χ2n) is 8.80. The first-order valence-electron chi connectivity index (χ1n) is 11.6. The van der Waals surface area contributed by atoms with Crippen LogP contribution in [0.5, 0.6) is 0 Å². The summed E-state index contributed by atoms with van der Waals surface area (Å²) in [6.45, 7) is 6.73. The minimum atomic E-state index is -0.525. The van der Waals surface area contributed by atoms with E-state index in [1.807, 2.05) is 36.2 Å². The number of carbonyl (C=O) groups excluding carboxylic acids is 1. The molecule has 0 radical (unpaired) electrons. The van der Waals surface area contributed by atoms with Gasteiger partial charge in [-0.3, -0.25) is 9.59 Å². The van der Waals surface area contributed by atoms with E-state index in [9.17, 15) is 14.0 Å². The molecule has 2 aliphatic rings. The van der Waals surface area contributed by atoms with Gasteiger partial charge in [-0.05, 0) is 37.4 Å². The third kappa shape index (κ3) is 4.62. The van der Waals surface area contributed by atoms with E-state index < -0.39 is 17.2 Å². The van der Waals surface area contributed by atoms with Crippen molar-refractivity contribution >= 4 is 33.9 Å². The number of amides is 1. The average molecular weight is 466 g/mol. The SMILES string of the molecule is CN1CCN(c2cc(F)cc3c(=O)cc(C(=O)Nc4ccc(N5CCNCC5)cc4)oc23)CC1. The first-order chi connectivity index (χ1) is 16.5. The topological polar surface area (TPSA) is 81.1 Å². The molecule has 2 aliphatic heterocycles. The van der Waals surface area contributed by atoms with Gasteiger partial charge in [-0.2, -0.15) is 0 Å². The van der Waals surface area contributed by atoms with Gasteiger partial charge < -0.3 is 29.8 Å². The van der Waals surface area contributed by atoms with Crippen LogP contribution >= 0.6 is 0 Å². The molecule has 0 spiro atoms. The fourth-order valence-corrected chi connectivity index (χ4v) is 4.47. The second-order valence-corrected chi connectivity index (χ2v) is 8.80. The first kappa shape index (κ1) is 22.4. The van der Waals surface area contributed by atoms with Gasteiger partial charge in [0.05, 0.1) is 11.1 Å². The molecule has 1 aromatic heterocycles. The minimum Gasteiger partial charge on any atom is -0.448 e. The fraction of sp³-hybridized carbons (Fsp3) is 0.360. The summed E-state index contributed by atoms with van der Waals surface area (Å²) in [5, 5.41) is 6.26. The predicted octanol–water partition coefficient (Wildman–Crippen LogP) is 2.35. The number of nitrogens with one attached hydrogen (secondary N) is 2. The zero-order valence-electron chi connectivity index (χ0n) is 19.1. The van der Waals surface area contributed by atoms with Crippen molar-refractivity contribution in [3.05, 3.63) is 64.3 Å². The minimum absolute atomic E-state index is 0.106. The fourth-order valence-electron chi connectivity index (χ4n) is 4.47. The number of piperazine rings is 2. The van der Waals surface area contributed by atoms with E-state index in [1.54, 1.807) is 0 Å². The van der Waals surface area contributed by atoms with Crippen LogP contribution in [0, 0.1) is 5.82 Å². The highest BCUT2D eigenvalue weighted by Crippen LogP contribution is 2.29. The molecule has 0 atom stereocenters. The molecule has 5 rings (SSSR count). The lowest BCUT2D eigenvalue weighted by Gasteiger charge is -2.34. The number of hydrogen-bond acceptors (Lipinski definition) is 7. The van der Waals surface area contributed by atoms with Crippen LogP contribution in [0.1, 0.15) is 10.6 Å². The Morgan fingerprint density at radius 2 is 1.68 bits per heavy atom. The highest BCUT2D eigenvalue weighted by molar-refractivity contribution is 6.03. The molecule has 0 unspecified atom stereocenters. The Labute approximate surface area is 196 Å². The van der Waals surface area contributed by atoms with Crippen molar-refractivity contribution in [2.45, 2.75) is 0 Å². The Balaban J connectivity index is 1.41. The van der Waals surface area contributed by atoms with Crippen LogP contribution in [0.4, 0.5) is 21.5 Å². The third-order valence-electron chi connectivity index (χ3n) is 6.45. The van der Waals surface area contributed by atoms with E-state index in [1.165, 1.54) is 6.07 Å². The number of hydrogen-bond donors (Lipinski definition) is 2. The maximum absolute atomic E-state index is 14.3. The van der Waals surface area contributed by atoms with Gasteiger partial charge in [-0.25, -0.2) is 4.39 Å². The van der Waals surface area contributed by atoms with Crippen LogP contribution in [-0.2, 0) is 0 Å². The van der Waals surface area contributed by atoms with Gasteiger partial charge in [-0.15, -0.1) is 0 Å². The summed E-state index contributed by atoms with van der Waals surface area (Å²) in [7, 11) is 2.03. The molecule has 2 saturated heterocycles. The van der Waals surface area contributed by atoms with Gasteiger partial charge in [0.1, 0.15) is 5.82 Å². The first-order valence-corrected chi connectivity index (χ1v) is 11.6. The Morgan fingerprint density at radius 3 is 2.38 bits per heavy atom. The lowest BCUT2D eigenvalue weighted by molar-refractivity contribution is 0.0997. The molecule has 178 valence electrons. The molecule has 0 bridgehead atoms. The monoisotopic (exact) mass is 465 g/mol. The molecule has 2 aromatic carbocycles. The predicted molar refractivity (Wildman–Crippen MR) is 132 cm³/mol. The zero-order valence-corrected chi connectivity index (χ0v) is 19.1. The van der Waals surface area contributed by atoms with Crippen molar-refractivity contribution < 1.29 is 13.6 Å². The van der Waals surface area contributed by atoms with Crippen LogP contribution < -0.4 is 25.9 Å². The number of fused-ring (bicyclic) bond motifs is 1. The summed E-state index contributed by atoms with van der Waals surface area (Å²) < 4.78 is 20.2. The van der Waals surface area contributed by atoms with Crippen molar-refractivity contribution in [3.63, 3.8) is 0 Å². The van der Waals surface area contributed by atoms with Crippen molar-refractivity contribution in [2.75, 3.05) is 74.5 Å². The van der Waals surface area contributed by atoms with Gasteiger partial charge in [-0.1, -0.05) is 0 Å². The molecule has 0 aliphatic carbocycles. The molecule has 3 heterocycles. The standard InChI is InChI=1S/C25H28FN5O3/c1-29-10-12-31(13-11-29)21-15-17(26)14-20-22(32)16-23(34-24(20)21)25(33)28-18-2-4-19(5-3-18)30-8-6-27-7-9-30/h2-5,14-16,27H,6-13H2,1H3,(H,28,33). The average Bonchev–Trinajstić information content (AvgIpc) is 2.85. The Kier molecular flexibility index (Phi) is 6.21. The molecule has 0 saturated carbocycles. The van der Waals surface area contributed by atoms with E-state index in [4.69, 9.17) is 4.42 Å². The number of benzene rings is 2. The number of nitrogens with zero attached hydrogens (tertiary/aromatic N) is 3. The summed E-state index contributed by atoms with van der Waals surface area (Å²) in [5.41, 5.74) is 1.98. The van der Waals surface area contributed by atoms with E-state index in [2.05, 4.69) is 20.4 Å². The van der Waals surface area contributed by atoms with Crippen LogP contribution in [0.25, 0.3) is 11.0 Å². The number of anilines is 3. The van der Waals surface area contributed by atoms with Crippen molar-refractivity contribution in [1.29, 1.82) is 0 Å². The summed E-state index contributed by atoms with van der Waals surface area (Å²) in [6.07, 6.45) is 0. The number of carbonyl (C=O) groups is 1. The van der Waals surface area contributed by atoms with Crippen molar-refractivity contribution in [1.82, 2.24) is 10.2 Å². The summed E-state index contributed by atoms with van der Waals surface area (Å²) >= 11 is 0. The van der Waals surface area contributed by atoms with Gasteiger partial charge in [0.15, 0.2) is 16.8 Å². The maximum Gasteiger partial charge on any atom is 0.291 e. The zero-order chi connectivity index (χ0) is 23.7. The molecule has 9 heteroatoms. The van der Waals surface area contributed by atoms with Crippen LogP contribution in [0.15, 0.2) is 51.7 Å². The maximum atomic E-state index is 14.3. The summed E-state index contributed by atoms with van der Waals surface area (Å²) in [5.74, 6) is -1.14. The molecule has 2 N–H and O–H groups in total. The van der Waals surface area contributed by atoms with Crippen LogP contribution in [0.2, 0.25) is 0 Å². The summed E-state index contributed by atoms with van der Waals surface area (Å²) in [4.78, 5) is 32.2. The second kappa shape index (κ2) is 9.44. The van der Waals surface area contributed by atoms with Crippen molar-refractivity contribution in [2.24, 2.45) is 0 Å². The Morgan fingerprint density at radius 1 is 0.971 bits per heavy atom. The number of likely N-dealkylation sites (N-methyl/N-ethyl adjacent to an activating group) is 1. The normalized spacial score (nSPS) is 17.2. The van der Waals surface area contributed by atoms with Gasteiger partial charge in [0, 0.05) is 75.9 Å². The van der Waals surface area contributed by atoms with Crippen molar-refractivity contribution in [3.8, 4) is 0 Å². The quantitative estimate of drug-likeness (QED) is 0.612. The molecule has 34 heavy (non-hydrogen) atoms. The molecule has 8 nitrogen and oxygen atoms in total. The smallest absolute Gasteiger partial charge is 0.291 e. The van der Waals surface area contributed by atoms with E-state index in [0.29, 0.717) is 24.5 Å². The third-order valence-corrected chi connectivity index (χ3v) is 6.45. The highest BCUT2D eigenvalue weighted by atomic mass is 19.1. The molecular formula is C25H28FN5O3. The lowest BCUT2D eigenvalue weighted by Crippen LogP contribution is -2.44. The lowest BCUT2D eigenvalue weighted by atomic mass is 10.1. The van der Waals surface area contributed by atoms with E-state index in [0.717, 1.165) is 57.1 Å². The molecule has 2 fully saturated rings. The molecule has 3 aromatic rings. The Bertz CT molecular complexity index is 1250. The number of rotatable bonds is 4.